The van der Waals surface area contributed by atoms with E-state index in [0.29, 0.717) is 11.5 Å². The normalized spacial score (nSPS) is 11.0. The Kier molecular flexibility index (Phi) is 3.34. The molecular formula is C11H10BrN5OS. The molecule has 0 aromatic carbocycles. The Labute approximate surface area is 120 Å². The molecule has 0 atom stereocenters. The minimum atomic E-state index is -0.280. The van der Waals surface area contributed by atoms with Gasteiger partial charge in [0.25, 0.3) is 0 Å². The van der Waals surface area contributed by atoms with Gasteiger partial charge in [-0.15, -0.1) is 11.3 Å². The molecule has 0 amide bonds. The second-order valence-corrected chi connectivity index (χ2v) is 6.46. The van der Waals surface area contributed by atoms with Crippen LogP contribution in [-0.4, -0.2) is 26.1 Å². The zero-order chi connectivity index (χ0) is 13.2. The van der Waals surface area contributed by atoms with Gasteiger partial charge in [-0.1, -0.05) is 0 Å². The van der Waals surface area contributed by atoms with Gasteiger partial charge in [0.05, 0.1) is 3.79 Å². The van der Waals surface area contributed by atoms with Crippen molar-refractivity contribution in [3.8, 4) is 0 Å². The number of hydrogen-bond acceptors (Lipinski definition) is 5. The lowest BCUT2D eigenvalue weighted by Gasteiger charge is -2.03. The number of fused-ring (bicyclic) bond motifs is 1. The summed E-state index contributed by atoms with van der Waals surface area (Å²) in [6.07, 6.45) is 2.39. The number of aromatic amines is 1. The highest BCUT2D eigenvalue weighted by Crippen LogP contribution is 2.22. The van der Waals surface area contributed by atoms with Gasteiger partial charge in [-0.3, -0.25) is 0 Å². The van der Waals surface area contributed by atoms with E-state index in [-0.39, 0.29) is 5.69 Å². The Balaban J connectivity index is 1.66. The predicted molar refractivity (Wildman–Crippen MR) is 77.8 cm³/mol. The topological polar surface area (TPSA) is 75.1 Å². The van der Waals surface area contributed by atoms with E-state index < -0.39 is 0 Å². The summed E-state index contributed by atoms with van der Waals surface area (Å²) in [5, 5.41) is 9.48. The molecule has 8 heteroatoms. The summed E-state index contributed by atoms with van der Waals surface area (Å²) in [6, 6.07) is 5.88. The molecule has 0 fully saturated rings. The average Bonchev–Trinajstić information content (AvgIpc) is 2.97. The van der Waals surface area contributed by atoms with Crippen LogP contribution in [-0.2, 0) is 6.42 Å². The zero-order valence-electron chi connectivity index (χ0n) is 9.76. The maximum Gasteiger partial charge on any atom is 0.348 e. The molecule has 0 aliphatic rings. The highest BCUT2D eigenvalue weighted by atomic mass is 79.9. The van der Waals surface area contributed by atoms with Gasteiger partial charge in [0, 0.05) is 17.5 Å². The summed E-state index contributed by atoms with van der Waals surface area (Å²) in [7, 11) is 0. The molecule has 0 aliphatic heterocycles. The average molecular weight is 340 g/mol. The third kappa shape index (κ3) is 2.69. The first-order valence-corrected chi connectivity index (χ1v) is 7.24. The fourth-order valence-corrected chi connectivity index (χ4v) is 3.19. The van der Waals surface area contributed by atoms with Crippen molar-refractivity contribution < 1.29 is 0 Å². The van der Waals surface area contributed by atoms with E-state index in [0.717, 1.165) is 16.8 Å². The van der Waals surface area contributed by atoms with Crippen molar-refractivity contribution in [3.63, 3.8) is 0 Å². The first kappa shape index (κ1) is 12.4. The molecule has 0 radical (unpaired) electrons. The van der Waals surface area contributed by atoms with Gasteiger partial charge < -0.3 is 5.32 Å². The summed E-state index contributed by atoms with van der Waals surface area (Å²) in [5.74, 6) is 0.710. The van der Waals surface area contributed by atoms with Crippen LogP contribution in [0.3, 0.4) is 0 Å². The molecule has 3 aromatic rings. The molecular weight excluding hydrogens is 330 g/mol. The lowest BCUT2D eigenvalue weighted by atomic mass is 10.3. The minimum Gasteiger partial charge on any atom is -0.370 e. The second kappa shape index (κ2) is 5.14. The number of halogens is 1. The molecule has 0 saturated heterocycles. The minimum absolute atomic E-state index is 0.280. The summed E-state index contributed by atoms with van der Waals surface area (Å²) in [6.45, 7) is 0.783. The maximum atomic E-state index is 11.3. The number of hydrogen-bond donors (Lipinski definition) is 2. The van der Waals surface area contributed by atoms with E-state index in [9.17, 15) is 4.79 Å². The molecule has 0 spiro atoms. The number of aromatic nitrogens is 4. The van der Waals surface area contributed by atoms with Crippen LogP contribution in [0.2, 0.25) is 0 Å². The molecule has 0 unspecified atom stereocenters. The first-order valence-electron chi connectivity index (χ1n) is 5.63. The Hall–Kier alpha value is -1.67. The fourth-order valence-electron chi connectivity index (χ4n) is 1.71. The van der Waals surface area contributed by atoms with Crippen molar-refractivity contribution in [2.45, 2.75) is 6.42 Å². The summed E-state index contributed by atoms with van der Waals surface area (Å²) < 4.78 is 2.50. The predicted octanol–water partition coefficient (Wildman–Crippen LogP) is 1.90. The van der Waals surface area contributed by atoms with E-state index in [1.807, 2.05) is 6.07 Å². The number of nitrogens with zero attached hydrogens (tertiary/aromatic N) is 3. The lowest BCUT2D eigenvalue weighted by molar-refractivity contribution is 0.981. The van der Waals surface area contributed by atoms with Gasteiger partial charge in [-0.25, -0.2) is 19.3 Å². The number of rotatable bonds is 4. The summed E-state index contributed by atoms with van der Waals surface area (Å²) in [4.78, 5) is 16.7. The number of nitrogens with one attached hydrogen (secondary N) is 2. The third-order valence-electron chi connectivity index (χ3n) is 2.62. The standard InChI is InChI=1S/C11H10BrN5OS/c12-8-2-1-7(19-8)3-4-13-9-5-10-15-16-11(18)17(10)6-14-9/h1-2,5-6,13H,3-4H2,(H,16,18). The van der Waals surface area contributed by atoms with E-state index >= 15 is 0 Å². The molecule has 6 nitrogen and oxygen atoms in total. The summed E-state index contributed by atoms with van der Waals surface area (Å²) in [5.41, 5.74) is 0.277. The van der Waals surface area contributed by atoms with Gasteiger partial charge in [0.1, 0.15) is 12.1 Å². The maximum absolute atomic E-state index is 11.3. The van der Waals surface area contributed by atoms with E-state index in [1.54, 1.807) is 17.4 Å². The molecule has 3 aromatic heterocycles. The van der Waals surface area contributed by atoms with Gasteiger partial charge in [-0.05, 0) is 34.5 Å². The van der Waals surface area contributed by atoms with Crippen LogP contribution in [0.4, 0.5) is 5.82 Å². The Morgan fingerprint density at radius 2 is 2.37 bits per heavy atom. The fraction of sp³-hybridized carbons (Fsp3) is 0.182. The van der Waals surface area contributed by atoms with Crippen molar-refractivity contribution in [2.24, 2.45) is 0 Å². The van der Waals surface area contributed by atoms with Crippen molar-refractivity contribution >= 4 is 38.7 Å². The van der Waals surface area contributed by atoms with Gasteiger partial charge in [-0.2, -0.15) is 5.10 Å². The van der Waals surface area contributed by atoms with E-state index in [2.05, 4.69) is 42.5 Å². The second-order valence-electron chi connectivity index (χ2n) is 3.91. The highest BCUT2D eigenvalue weighted by Gasteiger charge is 2.02. The number of anilines is 1. The van der Waals surface area contributed by atoms with Crippen molar-refractivity contribution in [2.75, 3.05) is 11.9 Å². The zero-order valence-corrected chi connectivity index (χ0v) is 12.2. The highest BCUT2D eigenvalue weighted by molar-refractivity contribution is 9.11. The van der Waals surface area contributed by atoms with Crippen LogP contribution in [0.1, 0.15) is 4.88 Å². The summed E-state index contributed by atoms with van der Waals surface area (Å²) >= 11 is 5.16. The van der Waals surface area contributed by atoms with Crippen molar-refractivity contribution in [3.05, 3.63) is 43.7 Å². The molecule has 3 rings (SSSR count). The molecule has 98 valence electrons. The van der Waals surface area contributed by atoms with Crippen molar-refractivity contribution in [1.82, 2.24) is 19.6 Å². The number of H-pyrrole nitrogens is 1. The van der Waals surface area contributed by atoms with E-state index in [4.69, 9.17) is 0 Å². The Morgan fingerprint density at radius 3 is 3.16 bits per heavy atom. The van der Waals surface area contributed by atoms with Crippen LogP contribution in [0.25, 0.3) is 5.65 Å². The van der Waals surface area contributed by atoms with Crippen LogP contribution >= 0.6 is 27.3 Å². The van der Waals surface area contributed by atoms with Gasteiger partial charge >= 0.3 is 5.69 Å². The Bertz CT molecular complexity index is 762. The lowest BCUT2D eigenvalue weighted by Crippen LogP contribution is -2.11. The molecule has 0 saturated carbocycles. The number of thiophene rings is 1. The van der Waals surface area contributed by atoms with Crippen LogP contribution in [0.15, 0.2) is 33.1 Å². The SMILES string of the molecule is O=c1[nH]nc2cc(NCCc3ccc(Br)s3)ncn12. The monoisotopic (exact) mass is 339 g/mol. The van der Waals surface area contributed by atoms with Crippen LogP contribution in [0, 0.1) is 0 Å². The van der Waals surface area contributed by atoms with E-state index in [1.165, 1.54) is 15.6 Å². The molecule has 0 bridgehead atoms. The van der Waals surface area contributed by atoms with Crippen molar-refractivity contribution in [1.29, 1.82) is 0 Å². The Morgan fingerprint density at radius 1 is 1.47 bits per heavy atom. The van der Waals surface area contributed by atoms with Gasteiger partial charge in [0.2, 0.25) is 0 Å². The largest absolute Gasteiger partial charge is 0.370 e. The van der Waals surface area contributed by atoms with Crippen LogP contribution < -0.4 is 11.0 Å². The quantitative estimate of drug-likeness (QED) is 0.761. The molecule has 19 heavy (non-hydrogen) atoms. The molecule has 0 aliphatic carbocycles. The van der Waals surface area contributed by atoms with Gasteiger partial charge in [0.15, 0.2) is 5.65 Å². The van der Waals surface area contributed by atoms with Crippen LogP contribution in [0.5, 0.6) is 0 Å². The molecule has 3 heterocycles. The third-order valence-corrected chi connectivity index (χ3v) is 4.30. The molecule has 2 N–H and O–H groups in total. The smallest absolute Gasteiger partial charge is 0.348 e. The first-order chi connectivity index (χ1) is 9.22.